The van der Waals surface area contributed by atoms with E-state index in [1.807, 2.05) is 64.1 Å². The fraction of sp³-hybridized carbons (Fsp3) is 0.270. The molecule has 6 aromatic heterocycles. The molecule has 1 saturated heterocycles. The van der Waals surface area contributed by atoms with Gasteiger partial charge in [-0.15, -0.1) is 6.42 Å². The highest BCUT2D eigenvalue weighted by Gasteiger charge is 2.52. The number of amides is 2. The van der Waals surface area contributed by atoms with Crippen LogP contribution in [0.1, 0.15) is 116 Å². The van der Waals surface area contributed by atoms with Gasteiger partial charge in [-0.25, -0.2) is 55.7 Å². The van der Waals surface area contributed by atoms with E-state index < -0.39 is 47.6 Å². The summed E-state index contributed by atoms with van der Waals surface area (Å²) in [5.74, 6) is 19.3. The van der Waals surface area contributed by atoms with Crippen LogP contribution >= 0.6 is 34.8 Å². The van der Waals surface area contributed by atoms with Crippen molar-refractivity contribution < 1.29 is 49.6 Å². The van der Waals surface area contributed by atoms with Gasteiger partial charge < -0.3 is 50.4 Å². The number of fused-ring (bicyclic) bond motifs is 5. The first-order valence-electron chi connectivity index (χ1n) is 37.2. The number of nitrogens with one attached hydrogen (secondary N) is 5. The van der Waals surface area contributed by atoms with Crippen LogP contribution < -0.4 is 38.5 Å². The van der Waals surface area contributed by atoms with E-state index in [2.05, 4.69) is 127 Å². The number of anilines is 5. The van der Waals surface area contributed by atoms with Gasteiger partial charge in [-0.1, -0.05) is 55.3 Å². The lowest BCUT2D eigenvalue weighted by molar-refractivity contribution is -0.141. The van der Waals surface area contributed by atoms with E-state index in [4.69, 9.17) is 56.3 Å². The van der Waals surface area contributed by atoms with Crippen LogP contribution in [0.25, 0.3) is 43.7 Å². The molecule has 0 unspecified atom stereocenters. The highest BCUT2D eigenvalue weighted by Crippen LogP contribution is 2.41. The number of H-pyrrole nitrogens is 3. The molecule has 11 aromatic rings. The molecule has 9 heterocycles. The Balaban J connectivity index is 0.000000163. The van der Waals surface area contributed by atoms with Gasteiger partial charge in [0, 0.05) is 121 Å². The summed E-state index contributed by atoms with van der Waals surface area (Å²) in [7, 11) is -0.430. The van der Waals surface area contributed by atoms with Crippen molar-refractivity contribution in [2.45, 2.75) is 143 Å². The summed E-state index contributed by atoms with van der Waals surface area (Å²) in [4.78, 5) is 94.3. The topological polar surface area (TPSA) is 285 Å². The van der Waals surface area contributed by atoms with Crippen molar-refractivity contribution in [2.24, 2.45) is 11.8 Å². The maximum atomic E-state index is 14.6. The number of halogens is 10. The van der Waals surface area contributed by atoms with E-state index in [1.165, 1.54) is 0 Å². The lowest BCUT2D eigenvalue weighted by Crippen LogP contribution is -2.41. The number of terminal acetylenes is 1. The van der Waals surface area contributed by atoms with Crippen LogP contribution in [0.5, 0.6) is 0 Å². The maximum Gasteiger partial charge on any atom is 0.494 e. The third kappa shape index (κ3) is 24.0. The van der Waals surface area contributed by atoms with Crippen LogP contribution in [-0.2, 0) is 45.1 Å². The minimum atomic E-state index is -2.67. The second-order valence-corrected chi connectivity index (χ2v) is 29.9. The van der Waals surface area contributed by atoms with Crippen molar-refractivity contribution >= 4 is 120 Å². The van der Waals surface area contributed by atoms with Crippen LogP contribution in [-0.4, -0.2) is 96.6 Å². The molecule has 16 rings (SSSR count). The van der Waals surface area contributed by atoms with Crippen LogP contribution in [0, 0.1) is 101 Å². The second kappa shape index (κ2) is 40.2. The standard InChI is InChI=1S/C28H24F3N5O2.C21H28BF2NO3.C13H8ClFN4O.C13H4.C9H8N2O.C4HCl2FN2.CH4/c29-23-13-33-24(35-25(23)34-21-3-4-22-17(12-21)7-10-32-26(22)37)18-1-2-19-14-36(15-20(19)11-18)27(38)16-5-8-28(30,31)9-6-16;1-19(2)20(3,4)28-22(27-19)17-6-5-15-12-25(13-16(15)11-17)18(26)14-7-9-21(23,24)10-8-14;14-13-17-6-10(15)11(19-13)18-8-1-2-9-7(5-8)3-4-16-12(9)20;1-3-5-7-9-11-13-12-10-8-6-4-2;10-7-1-2-8-6(5-7)3-4-11-9(8)12;5-3-2(7)1-8-4(6)9-3;/h1-4,7,10-13,16H,5-6,8-9,14-15H2,(H,32,37)(H,33,34,35);5-6,11,14H,7-10,12-13H2,1-4H3;1-6H,(H,16,20)(H,17,18,19);1H,2H3;1-5H,10H2,(H,11,12);1H;1H4. The average molecular weight is 1700 g/mol. The predicted molar refractivity (Wildman–Crippen MR) is 456 cm³/mol. The van der Waals surface area contributed by atoms with Crippen molar-refractivity contribution in [3.05, 3.63) is 233 Å². The zero-order valence-corrected chi connectivity index (χ0v) is 67.2. The van der Waals surface area contributed by atoms with Crippen LogP contribution in [0.2, 0.25) is 15.7 Å². The number of benzene rings is 5. The van der Waals surface area contributed by atoms with Gasteiger partial charge in [-0.05, 0) is 265 Å². The third-order valence-corrected chi connectivity index (χ3v) is 20.7. The van der Waals surface area contributed by atoms with E-state index in [-0.39, 0.29) is 126 Å². The minimum Gasteiger partial charge on any atom is -0.399 e. The molecule has 2 aliphatic carbocycles. The first-order valence-corrected chi connectivity index (χ1v) is 38.4. The van der Waals surface area contributed by atoms with E-state index in [9.17, 15) is 54.7 Å². The molecule has 0 radical (unpaired) electrons. The van der Waals surface area contributed by atoms with Crippen LogP contribution in [0.4, 0.5) is 59.4 Å². The minimum absolute atomic E-state index is 0. The van der Waals surface area contributed by atoms with Gasteiger partial charge in [0.2, 0.25) is 34.2 Å². The number of alkyl halides is 4. The molecule has 0 bridgehead atoms. The SMILES string of the molecule is C.C#CC#CC#CC#CC#CC#CC.CC1(C)OB(c2ccc3c(c2)CN(C(=O)C2CCC(F)(F)CC2)C3)OC1(C)C.Fc1cnc(Cl)nc1Cl.Nc1ccc2c(=O)[nH]ccc2c1.O=C(C1CCC(F)(F)CC1)N1Cc2ccc(-c3ncc(F)c(Nc4ccc5c(=O)[nH]ccc5c4)n3)cc2C1.O=c1[nH]ccc2cc(Nc3nc(Cl)ncc3F)ccc12. The van der Waals surface area contributed by atoms with Crippen molar-refractivity contribution in [3.63, 3.8) is 0 Å². The molecule has 3 fully saturated rings. The van der Waals surface area contributed by atoms with E-state index in [0.717, 1.165) is 57.1 Å². The number of nitrogens with zero attached hydrogens (tertiary/aromatic N) is 8. The van der Waals surface area contributed by atoms with E-state index in [1.54, 1.807) is 102 Å². The van der Waals surface area contributed by atoms with Crippen molar-refractivity contribution in [3.8, 4) is 82.9 Å². The van der Waals surface area contributed by atoms with E-state index in [0.29, 0.717) is 76.2 Å². The first-order chi connectivity index (χ1) is 57.2. The Hall–Kier alpha value is -13.0. The van der Waals surface area contributed by atoms with Gasteiger partial charge in [-0.2, -0.15) is 4.98 Å². The Morgan fingerprint density at radius 1 is 0.521 bits per heavy atom. The van der Waals surface area contributed by atoms with E-state index >= 15 is 0 Å². The van der Waals surface area contributed by atoms with Gasteiger partial charge >= 0.3 is 7.12 Å². The number of nitrogens with two attached hydrogens (primary N) is 1. The predicted octanol–water partition coefficient (Wildman–Crippen LogP) is 16.4. The molecule has 2 amide bonds. The largest absolute Gasteiger partial charge is 0.494 e. The fourth-order valence-corrected chi connectivity index (χ4v) is 13.6. The Morgan fingerprint density at radius 3 is 1.40 bits per heavy atom. The molecular formula is C89H77BCl3F7N14O7. The van der Waals surface area contributed by atoms with Crippen LogP contribution in [0.3, 0.4) is 0 Å². The fourth-order valence-electron chi connectivity index (χ4n) is 13.2. The zero-order chi connectivity index (χ0) is 86.1. The van der Waals surface area contributed by atoms with Crippen molar-refractivity contribution in [2.75, 3.05) is 16.4 Å². The monoisotopic (exact) mass is 1700 g/mol. The lowest BCUT2D eigenvalue weighted by atomic mass is 9.78. The third-order valence-electron chi connectivity index (χ3n) is 20.1. The van der Waals surface area contributed by atoms with Crippen molar-refractivity contribution in [1.29, 1.82) is 0 Å². The molecule has 21 nitrogen and oxygen atoms in total. The Bertz CT molecular complexity index is 6290. The number of carbonyl (C=O) groups is 2. The number of hydrogen-bond donors (Lipinski definition) is 6. The Labute approximate surface area is 707 Å². The average Bonchev–Trinajstić information content (AvgIpc) is 1.63. The number of pyridine rings is 3. The van der Waals surface area contributed by atoms with Crippen molar-refractivity contribution in [1.82, 2.24) is 54.7 Å². The van der Waals surface area contributed by atoms with Gasteiger partial charge in [0.25, 0.3) is 16.7 Å². The van der Waals surface area contributed by atoms with Gasteiger partial charge in [0.15, 0.2) is 40.1 Å². The molecular weight excluding hydrogens is 1630 g/mol. The molecule has 32 heteroatoms. The molecule has 3 aliphatic heterocycles. The molecule has 121 heavy (non-hydrogen) atoms. The first kappa shape index (κ1) is 90.4. The molecule has 5 aliphatic rings. The summed E-state index contributed by atoms with van der Waals surface area (Å²) >= 11 is 16.1. The van der Waals surface area contributed by atoms with Gasteiger partial charge in [0.05, 0.1) is 29.8 Å². The van der Waals surface area contributed by atoms with Crippen LogP contribution in [0.15, 0.2) is 161 Å². The molecule has 618 valence electrons. The number of hydrogen-bond acceptors (Lipinski definition) is 16. The quantitative estimate of drug-likeness (QED) is 0.0206. The summed E-state index contributed by atoms with van der Waals surface area (Å²) in [5.41, 5.74) is 11.9. The highest BCUT2D eigenvalue weighted by atomic mass is 35.5. The Morgan fingerprint density at radius 2 is 0.934 bits per heavy atom. The second-order valence-electron chi connectivity index (χ2n) is 28.9. The Kier molecular flexibility index (Phi) is 30.0. The normalized spacial score (nSPS) is 15.2. The summed E-state index contributed by atoms with van der Waals surface area (Å²) in [5, 5.41) is 9.47. The molecule has 2 saturated carbocycles. The smallest absolute Gasteiger partial charge is 0.399 e. The lowest BCUT2D eigenvalue weighted by Gasteiger charge is -2.32. The maximum absolute atomic E-state index is 14.6. The van der Waals surface area contributed by atoms with Gasteiger partial charge in [-0.3, -0.25) is 24.0 Å². The number of nitrogen functional groups attached to an aromatic ring is 1. The molecule has 7 N–H and O–H groups in total. The number of aromatic amines is 3. The molecule has 0 spiro atoms. The summed E-state index contributed by atoms with van der Waals surface area (Å²) < 4.78 is 106. The summed E-state index contributed by atoms with van der Waals surface area (Å²) in [6, 6.07) is 32.3. The highest BCUT2D eigenvalue weighted by molar-refractivity contribution is 6.62. The number of aromatic nitrogens is 9. The zero-order valence-electron chi connectivity index (χ0n) is 64.9. The number of rotatable bonds is 8. The summed E-state index contributed by atoms with van der Waals surface area (Å²) in [6.45, 7) is 11.7. The molecule has 0 atom stereocenters. The van der Waals surface area contributed by atoms with Gasteiger partial charge in [0.1, 0.15) is 0 Å². The number of carbonyl (C=O) groups excluding carboxylic acids is 2. The molecule has 5 aromatic carbocycles. The summed E-state index contributed by atoms with van der Waals surface area (Å²) in [6.07, 6.45) is 12.7.